The van der Waals surface area contributed by atoms with Gasteiger partial charge in [0.25, 0.3) is 0 Å². The van der Waals surface area contributed by atoms with Gasteiger partial charge in [0, 0.05) is 6.07 Å². The molecule has 21 heavy (non-hydrogen) atoms. The van der Waals surface area contributed by atoms with Gasteiger partial charge in [0.05, 0.1) is 14.2 Å². The van der Waals surface area contributed by atoms with Crippen LogP contribution in [-0.4, -0.2) is 25.3 Å². The van der Waals surface area contributed by atoms with Gasteiger partial charge in [0.2, 0.25) is 0 Å². The SMILES string of the molecule is COC(=O)c1c(O)cc(OC)cc1CCc1ccccc1. The lowest BCUT2D eigenvalue weighted by atomic mass is 9.98. The number of ether oxygens (including phenoxy) is 2. The number of hydrogen-bond donors (Lipinski definition) is 1. The van der Waals surface area contributed by atoms with Gasteiger partial charge in [0.1, 0.15) is 17.1 Å². The van der Waals surface area contributed by atoms with E-state index in [0.717, 1.165) is 12.0 Å². The van der Waals surface area contributed by atoms with Gasteiger partial charge >= 0.3 is 5.97 Å². The second-order valence-electron chi connectivity index (χ2n) is 4.66. The van der Waals surface area contributed by atoms with Crippen molar-refractivity contribution in [1.82, 2.24) is 0 Å². The molecule has 1 N–H and O–H groups in total. The van der Waals surface area contributed by atoms with Crippen LogP contribution in [0.2, 0.25) is 0 Å². The molecule has 0 unspecified atom stereocenters. The summed E-state index contributed by atoms with van der Waals surface area (Å²) in [6.07, 6.45) is 1.37. The molecule has 2 rings (SSSR count). The molecule has 0 heterocycles. The molecule has 2 aromatic rings. The normalized spacial score (nSPS) is 10.2. The van der Waals surface area contributed by atoms with Crippen LogP contribution >= 0.6 is 0 Å². The Morgan fingerprint density at radius 1 is 1.10 bits per heavy atom. The fourth-order valence-electron chi connectivity index (χ4n) is 2.23. The van der Waals surface area contributed by atoms with E-state index >= 15 is 0 Å². The second kappa shape index (κ2) is 6.79. The minimum absolute atomic E-state index is 0.121. The number of aryl methyl sites for hydroxylation is 2. The van der Waals surface area contributed by atoms with Crippen molar-refractivity contribution < 1.29 is 19.4 Å². The standard InChI is InChI=1S/C17H18O4/c1-20-14-10-13(9-8-12-6-4-3-5-7-12)16(15(18)11-14)17(19)21-2/h3-7,10-11,18H,8-9H2,1-2H3. The lowest BCUT2D eigenvalue weighted by Gasteiger charge is -2.12. The van der Waals surface area contributed by atoms with Crippen molar-refractivity contribution >= 4 is 5.97 Å². The Balaban J connectivity index is 2.31. The van der Waals surface area contributed by atoms with Gasteiger partial charge in [-0.1, -0.05) is 30.3 Å². The molecule has 110 valence electrons. The summed E-state index contributed by atoms with van der Waals surface area (Å²) >= 11 is 0. The van der Waals surface area contributed by atoms with Crippen LogP contribution in [-0.2, 0) is 17.6 Å². The van der Waals surface area contributed by atoms with E-state index in [1.54, 1.807) is 6.07 Å². The van der Waals surface area contributed by atoms with E-state index < -0.39 is 5.97 Å². The van der Waals surface area contributed by atoms with Crippen LogP contribution in [0.4, 0.5) is 0 Å². The first-order chi connectivity index (χ1) is 10.2. The maximum atomic E-state index is 11.8. The van der Waals surface area contributed by atoms with Crippen molar-refractivity contribution in [1.29, 1.82) is 0 Å². The first kappa shape index (κ1) is 14.9. The van der Waals surface area contributed by atoms with E-state index in [0.29, 0.717) is 17.7 Å². The summed E-state index contributed by atoms with van der Waals surface area (Å²) in [5.41, 5.74) is 2.08. The average Bonchev–Trinajstić information content (AvgIpc) is 2.52. The predicted molar refractivity (Wildman–Crippen MR) is 79.8 cm³/mol. The van der Waals surface area contributed by atoms with Crippen LogP contribution in [0.15, 0.2) is 42.5 Å². The maximum Gasteiger partial charge on any atom is 0.341 e. The number of phenols is 1. The molecular weight excluding hydrogens is 268 g/mol. The van der Waals surface area contributed by atoms with Crippen molar-refractivity contribution in [3.05, 3.63) is 59.2 Å². The van der Waals surface area contributed by atoms with Gasteiger partial charge in [-0.3, -0.25) is 0 Å². The fourth-order valence-corrected chi connectivity index (χ4v) is 2.23. The van der Waals surface area contributed by atoms with Crippen molar-refractivity contribution in [2.75, 3.05) is 14.2 Å². The Hall–Kier alpha value is -2.49. The molecule has 4 nitrogen and oxygen atoms in total. The summed E-state index contributed by atoms with van der Waals surface area (Å²) < 4.78 is 9.89. The highest BCUT2D eigenvalue weighted by Crippen LogP contribution is 2.29. The molecule has 0 saturated carbocycles. The van der Waals surface area contributed by atoms with Crippen LogP contribution in [0.3, 0.4) is 0 Å². The predicted octanol–water partition coefficient (Wildman–Crippen LogP) is 2.97. The highest BCUT2D eigenvalue weighted by molar-refractivity contribution is 5.94. The summed E-state index contributed by atoms with van der Waals surface area (Å²) in [4.78, 5) is 11.8. The maximum absolute atomic E-state index is 11.8. The van der Waals surface area contributed by atoms with Gasteiger partial charge in [-0.2, -0.15) is 0 Å². The van der Waals surface area contributed by atoms with Gasteiger partial charge in [-0.15, -0.1) is 0 Å². The summed E-state index contributed by atoms with van der Waals surface area (Å²) in [7, 11) is 2.82. The van der Waals surface area contributed by atoms with E-state index in [2.05, 4.69) is 0 Å². The minimum atomic E-state index is -0.543. The van der Waals surface area contributed by atoms with E-state index in [-0.39, 0.29) is 11.3 Å². The van der Waals surface area contributed by atoms with Crippen LogP contribution < -0.4 is 4.74 Å². The number of hydrogen-bond acceptors (Lipinski definition) is 4. The topological polar surface area (TPSA) is 55.8 Å². The van der Waals surface area contributed by atoms with Crippen molar-refractivity contribution in [2.45, 2.75) is 12.8 Å². The van der Waals surface area contributed by atoms with Gasteiger partial charge in [0.15, 0.2) is 0 Å². The quantitative estimate of drug-likeness (QED) is 0.859. The lowest BCUT2D eigenvalue weighted by molar-refractivity contribution is 0.0596. The molecule has 0 saturated heterocycles. The van der Waals surface area contributed by atoms with Crippen molar-refractivity contribution in [3.8, 4) is 11.5 Å². The van der Waals surface area contributed by atoms with Crippen molar-refractivity contribution in [2.24, 2.45) is 0 Å². The number of methoxy groups -OCH3 is 2. The van der Waals surface area contributed by atoms with E-state index in [1.165, 1.54) is 20.3 Å². The summed E-state index contributed by atoms with van der Waals surface area (Å²) in [5, 5.41) is 10.0. The number of esters is 1. The molecule has 0 aliphatic rings. The third-order valence-electron chi connectivity index (χ3n) is 3.32. The lowest BCUT2D eigenvalue weighted by Crippen LogP contribution is -2.07. The number of carbonyl (C=O) groups is 1. The second-order valence-corrected chi connectivity index (χ2v) is 4.66. The van der Waals surface area contributed by atoms with Crippen LogP contribution in [0, 0.1) is 0 Å². The molecule has 0 aliphatic heterocycles. The third kappa shape index (κ3) is 3.54. The molecule has 0 fully saturated rings. The molecule has 0 atom stereocenters. The van der Waals surface area contributed by atoms with Gasteiger partial charge in [-0.05, 0) is 30.0 Å². The molecule has 0 radical (unpaired) electrons. The molecule has 0 amide bonds. The van der Waals surface area contributed by atoms with Crippen LogP contribution in [0.1, 0.15) is 21.5 Å². The van der Waals surface area contributed by atoms with E-state index in [1.807, 2.05) is 30.3 Å². The van der Waals surface area contributed by atoms with Crippen LogP contribution in [0.25, 0.3) is 0 Å². The molecule has 0 bridgehead atoms. The molecule has 0 aromatic heterocycles. The highest BCUT2D eigenvalue weighted by atomic mass is 16.5. The number of benzene rings is 2. The highest BCUT2D eigenvalue weighted by Gasteiger charge is 2.18. The number of phenolic OH excluding ortho intramolecular Hbond substituents is 1. The molecular formula is C17H18O4. The Bertz CT molecular complexity index is 620. The summed E-state index contributed by atoms with van der Waals surface area (Å²) in [5.74, 6) is -0.148. The average molecular weight is 286 g/mol. The van der Waals surface area contributed by atoms with E-state index in [9.17, 15) is 9.90 Å². The van der Waals surface area contributed by atoms with Crippen molar-refractivity contribution in [3.63, 3.8) is 0 Å². The molecule has 2 aromatic carbocycles. The monoisotopic (exact) mass is 286 g/mol. The first-order valence-corrected chi connectivity index (χ1v) is 6.67. The number of aromatic hydroxyl groups is 1. The smallest absolute Gasteiger partial charge is 0.341 e. The first-order valence-electron chi connectivity index (χ1n) is 6.67. The number of carbonyl (C=O) groups excluding carboxylic acids is 1. The fraction of sp³-hybridized carbons (Fsp3) is 0.235. The van der Waals surface area contributed by atoms with Gasteiger partial charge < -0.3 is 14.6 Å². The molecule has 0 spiro atoms. The zero-order valence-electron chi connectivity index (χ0n) is 12.1. The van der Waals surface area contributed by atoms with Gasteiger partial charge in [-0.25, -0.2) is 4.79 Å². The zero-order chi connectivity index (χ0) is 15.2. The third-order valence-corrected chi connectivity index (χ3v) is 3.32. The number of rotatable bonds is 5. The Labute approximate surface area is 123 Å². The molecule has 4 heteroatoms. The zero-order valence-corrected chi connectivity index (χ0v) is 12.1. The Morgan fingerprint density at radius 2 is 1.81 bits per heavy atom. The summed E-state index contributed by atoms with van der Waals surface area (Å²) in [6, 6.07) is 13.1. The minimum Gasteiger partial charge on any atom is -0.507 e. The van der Waals surface area contributed by atoms with Crippen LogP contribution in [0.5, 0.6) is 11.5 Å². The summed E-state index contributed by atoms with van der Waals surface area (Å²) in [6.45, 7) is 0. The molecule has 0 aliphatic carbocycles. The largest absolute Gasteiger partial charge is 0.507 e. The Kier molecular flexibility index (Phi) is 4.82. The van der Waals surface area contributed by atoms with E-state index in [4.69, 9.17) is 9.47 Å². The Morgan fingerprint density at radius 3 is 2.43 bits per heavy atom.